The second kappa shape index (κ2) is 5.96. The molecule has 4 atom stereocenters. The van der Waals surface area contributed by atoms with Gasteiger partial charge >= 0.3 is 5.97 Å². The lowest BCUT2D eigenvalue weighted by atomic mass is 9.49. The van der Waals surface area contributed by atoms with Crippen molar-refractivity contribution >= 4 is 16.9 Å². The number of aromatic carboxylic acids is 1. The Morgan fingerprint density at radius 1 is 1.24 bits per heavy atom. The van der Waals surface area contributed by atoms with Crippen LogP contribution in [-0.2, 0) is 18.3 Å². The van der Waals surface area contributed by atoms with Crippen LogP contribution in [-0.4, -0.2) is 55.9 Å². The molecule has 0 amide bonds. The highest BCUT2D eigenvalue weighted by Crippen LogP contribution is 2.69. The van der Waals surface area contributed by atoms with Crippen LogP contribution >= 0.6 is 0 Å². The predicted octanol–water partition coefficient (Wildman–Crippen LogP) is 3.27. The molecule has 4 N–H and O–H groups in total. The summed E-state index contributed by atoms with van der Waals surface area (Å²) in [6, 6.07) is 8.97. The molecule has 7 nitrogen and oxygen atoms in total. The molecule has 3 aromatic rings. The lowest BCUT2D eigenvalue weighted by molar-refractivity contribution is -0.173. The van der Waals surface area contributed by atoms with Gasteiger partial charge in [0.25, 0.3) is 0 Å². The van der Waals surface area contributed by atoms with E-state index in [-0.39, 0.29) is 17.4 Å². The first kappa shape index (κ1) is 19.3. The molecule has 2 aromatic carbocycles. The molecule has 3 aliphatic carbocycles. The number of benzene rings is 2. The van der Waals surface area contributed by atoms with Crippen LogP contribution in [0.2, 0.25) is 0 Å². The minimum atomic E-state index is -1.07. The Kier molecular flexibility index (Phi) is 3.38. The van der Waals surface area contributed by atoms with Crippen molar-refractivity contribution in [3.63, 3.8) is 0 Å². The molecule has 1 aromatic heterocycles. The summed E-state index contributed by atoms with van der Waals surface area (Å²) in [6.45, 7) is 1.90. The van der Waals surface area contributed by atoms with Crippen LogP contribution in [0.25, 0.3) is 10.9 Å². The number of phenolic OH excluding ortho intramolecular Hbond substituents is 1. The number of aromatic hydroxyl groups is 1. The number of piperidine rings is 1. The van der Waals surface area contributed by atoms with Crippen LogP contribution in [0.4, 0.5) is 0 Å². The zero-order valence-electron chi connectivity index (χ0n) is 18.7. The van der Waals surface area contributed by atoms with Crippen molar-refractivity contribution in [2.45, 2.75) is 55.3 Å². The van der Waals surface area contributed by atoms with E-state index in [4.69, 9.17) is 4.74 Å². The maximum atomic E-state index is 12.8. The van der Waals surface area contributed by atoms with Crippen molar-refractivity contribution in [1.82, 2.24) is 9.88 Å². The number of phenols is 1. The topological polar surface area (TPSA) is 106 Å². The quantitative estimate of drug-likeness (QED) is 0.480. The van der Waals surface area contributed by atoms with Crippen LogP contribution in [0.5, 0.6) is 11.5 Å². The van der Waals surface area contributed by atoms with E-state index in [1.807, 2.05) is 12.1 Å². The molecule has 8 rings (SSSR count). The molecule has 7 heteroatoms. The Labute approximate surface area is 196 Å². The van der Waals surface area contributed by atoms with E-state index in [0.717, 1.165) is 59.6 Å². The second-order valence-electron chi connectivity index (χ2n) is 11.0. The number of nitrogens with zero attached hydrogens (tertiary/aromatic N) is 1. The first-order chi connectivity index (χ1) is 16.4. The van der Waals surface area contributed by atoms with E-state index >= 15 is 0 Å². The van der Waals surface area contributed by atoms with Gasteiger partial charge in [-0.3, -0.25) is 4.90 Å². The third kappa shape index (κ3) is 2.06. The number of aromatic nitrogens is 1. The van der Waals surface area contributed by atoms with E-state index in [2.05, 4.69) is 9.88 Å². The van der Waals surface area contributed by atoms with E-state index < -0.39 is 23.1 Å². The van der Waals surface area contributed by atoms with Crippen LogP contribution in [0.3, 0.4) is 0 Å². The normalized spacial score (nSPS) is 32.9. The number of para-hydroxylation sites is 1. The molecule has 0 unspecified atom stereocenters. The average molecular weight is 459 g/mol. The van der Waals surface area contributed by atoms with Crippen molar-refractivity contribution in [1.29, 1.82) is 0 Å². The first-order valence-corrected chi connectivity index (χ1v) is 12.3. The number of rotatable bonds is 3. The number of carboxylic acids is 1. The van der Waals surface area contributed by atoms with Gasteiger partial charge in [0.1, 0.15) is 0 Å². The average Bonchev–Trinajstić information content (AvgIpc) is 3.44. The fourth-order valence-corrected chi connectivity index (χ4v) is 7.82. The summed E-state index contributed by atoms with van der Waals surface area (Å²) in [5, 5.41) is 34.2. The molecule has 34 heavy (non-hydrogen) atoms. The fraction of sp³-hybridized carbons (Fsp3) is 0.444. The number of carboxylic acid groups (broad SMARTS) is 1. The van der Waals surface area contributed by atoms with Crippen molar-refractivity contribution in [2.24, 2.45) is 5.92 Å². The van der Waals surface area contributed by atoms with Gasteiger partial charge in [-0.25, -0.2) is 4.79 Å². The first-order valence-electron chi connectivity index (χ1n) is 12.3. The monoisotopic (exact) mass is 458 g/mol. The summed E-state index contributed by atoms with van der Waals surface area (Å²) < 4.78 is 6.55. The molecule has 2 bridgehead atoms. The number of hydrogen-bond donors (Lipinski definition) is 4. The molecule has 174 valence electrons. The highest BCUT2D eigenvalue weighted by atomic mass is 16.5. The zero-order valence-corrected chi connectivity index (χ0v) is 18.7. The van der Waals surface area contributed by atoms with Gasteiger partial charge in [-0.05, 0) is 61.4 Å². The van der Waals surface area contributed by atoms with Crippen LogP contribution in [0, 0.1) is 5.92 Å². The Hall–Kier alpha value is -3.03. The standard InChI is InChI=1S/C27H26N2O5/c30-18-7-6-14-10-19-27(33)11-17-15-2-1-3-16(25(31)32)21(15)28-22(17)24-26(27,20(14)23(18)34-24)8-9-29(19)12-13-4-5-13/h1-3,6-7,13,19,24,28,30,33H,4-5,8-12H2,(H,31,32)/t19-,24+,26-,27+/m0/s1. The SMILES string of the molecule is O=C(O)c1cccc2c3c([nH]c12)[C@H]1Oc2c(O)ccc4c2[C@@]12CCN(CC1CC1)[C@@H](C4)[C@]2(O)C3. The molecule has 1 saturated heterocycles. The summed E-state index contributed by atoms with van der Waals surface area (Å²) in [4.78, 5) is 17.9. The highest BCUT2D eigenvalue weighted by Gasteiger charge is 2.72. The van der Waals surface area contributed by atoms with E-state index in [1.165, 1.54) is 12.8 Å². The van der Waals surface area contributed by atoms with Crippen LogP contribution < -0.4 is 4.74 Å². The van der Waals surface area contributed by atoms with Gasteiger partial charge in [0, 0.05) is 30.0 Å². The highest BCUT2D eigenvalue weighted by molar-refractivity contribution is 6.03. The third-order valence-corrected chi connectivity index (χ3v) is 9.43. The Morgan fingerprint density at radius 3 is 2.88 bits per heavy atom. The largest absolute Gasteiger partial charge is 0.504 e. The number of H-pyrrole nitrogens is 1. The Bertz CT molecular complexity index is 1420. The van der Waals surface area contributed by atoms with Crippen molar-refractivity contribution in [3.05, 3.63) is 58.3 Å². The smallest absolute Gasteiger partial charge is 0.337 e. The van der Waals surface area contributed by atoms with Gasteiger partial charge < -0.3 is 25.0 Å². The fourth-order valence-electron chi connectivity index (χ4n) is 7.82. The molecule has 5 aliphatic rings. The molecule has 2 fully saturated rings. The lowest BCUT2D eigenvalue weighted by Crippen LogP contribution is -2.74. The third-order valence-electron chi connectivity index (χ3n) is 9.43. The summed E-state index contributed by atoms with van der Waals surface area (Å²) >= 11 is 0. The number of likely N-dealkylation sites (tertiary alicyclic amines) is 1. The predicted molar refractivity (Wildman–Crippen MR) is 123 cm³/mol. The number of hydrogen-bond acceptors (Lipinski definition) is 5. The molecule has 1 spiro atoms. The summed E-state index contributed by atoms with van der Waals surface area (Å²) in [5.74, 6) is 0.325. The lowest BCUT2D eigenvalue weighted by Gasteiger charge is -2.62. The molecule has 3 heterocycles. The number of ether oxygens (including phenoxy) is 1. The Morgan fingerprint density at radius 2 is 2.09 bits per heavy atom. The van der Waals surface area contributed by atoms with Crippen molar-refractivity contribution in [2.75, 3.05) is 13.1 Å². The maximum absolute atomic E-state index is 12.8. The minimum Gasteiger partial charge on any atom is -0.504 e. The number of fused-ring (bicyclic) bond motifs is 4. The van der Waals surface area contributed by atoms with Gasteiger partial charge in [-0.1, -0.05) is 18.2 Å². The van der Waals surface area contributed by atoms with Gasteiger partial charge in [-0.2, -0.15) is 0 Å². The van der Waals surface area contributed by atoms with Gasteiger partial charge in [0.05, 0.1) is 27.8 Å². The van der Waals surface area contributed by atoms with E-state index in [9.17, 15) is 20.1 Å². The summed E-state index contributed by atoms with van der Waals surface area (Å²) in [7, 11) is 0. The van der Waals surface area contributed by atoms with Gasteiger partial charge in [0.2, 0.25) is 0 Å². The minimum absolute atomic E-state index is 0.0447. The number of carbonyl (C=O) groups is 1. The van der Waals surface area contributed by atoms with Crippen LogP contribution in [0.1, 0.15) is 58.1 Å². The zero-order chi connectivity index (χ0) is 23.0. The molecule has 0 radical (unpaired) electrons. The Balaban J connectivity index is 1.42. The van der Waals surface area contributed by atoms with E-state index in [1.54, 1.807) is 18.2 Å². The van der Waals surface area contributed by atoms with E-state index in [0.29, 0.717) is 17.7 Å². The molecular formula is C27H26N2O5. The van der Waals surface area contributed by atoms with Gasteiger partial charge in [-0.15, -0.1) is 0 Å². The molecule has 1 saturated carbocycles. The van der Waals surface area contributed by atoms with Crippen molar-refractivity contribution < 1.29 is 24.9 Å². The number of aromatic amines is 1. The van der Waals surface area contributed by atoms with Crippen LogP contribution in [0.15, 0.2) is 30.3 Å². The second-order valence-corrected chi connectivity index (χ2v) is 11.0. The molecule has 2 aliphatic heterocycles. The maximum Gasteiger partial charge on any atom is 0.337 e. The molecular weight excluding hydrogens is 432 g/mol. The van der Waals surface area contributed by atoms with Gasteiger partial charge in [0.15, 0.2) is 17.6 Å². The summed E-state index contributed by atoms with van der Waals surface area (Å²) in [6.07, 6.45) is 3.92. The van der Waals surface area contributed by atoms with Crippen molar-refractivity contribution in [3.8, 4) is 11.5 Å². The number of aliphatic hydroxyl groups is 1. The summed E-state index contributed by atoms with van der Waals surface area (Å²) in [5.41, 5.74) is 2.95. The number of nitrogens with one attached hydrogen (secondary N) is 1.